The summed E-state index contributed by atoms with van der Waals surface area (Å²) in [7, 11) is 0. The molecule has 60 valence electrons. The number of carbonyl (C=O) groups excluding carboxylic acids is 1. The van der Waals surface area contributed by atoms with E-state index >= 15 is 0 Å². The molecule has 0 aliphatic carbocycles. The highest BCUT2D eigenvalue weighted by Gasteiger charge is 2.07. The van der Waals surface area contributed by atoms with Crippen LogP contribution < -0.4 is 0 Å². The van der Waals surface area contributed by atoms with E-state index in [1.807, 2.05) is 12.3 Å². The Morgan fingerprint density at radius 2 is 2.55 bits per heavy atom. The number of aryl methyl sites for hydroxylation is 1. The minimum absolute atomic E-state index is 0.0564. The van der Waals surface area contributed by atoms with Crippen molar-refractivity contribution in [2.24, 2.45) is 0 Å². The van der Waals surface area contributed by atoms with Crippen LogP contribution in [0.4, 0.5) is 0 Å². The van der Waals surface area contributed by atoms with Crippen molar-refractivity contribution < 1.29 is 4.79 Å². The lowest BCUT2D eigenvalue weighted by atomic mass is 10.3. The Hall–Kier alpha value is -0.220. The fraction of sp³-hybridized carbons (Fsp3) is 0.429. The van der Waals surface area contributed by atoms with Gasteiger partial charge in [0.2, 0.25) is 0 Å². The van der Waals surface area contributed by atoms with Gasteiger partial charge in [0.25, 0.3) is 0 Å². The van der Waals surface area contributed by atoms with E-state index in [0.717, 1.165) is 11.4 Å². The smallest absolute Gasteiger partial charge is 0.192 e. The predicted molar refractivity (Wildman–Crippen MR) is 49.6 cm³/mol. The molecule has 0 N–H and O–H groups in total. The van der Waals surface area contributed by atoms with Crippen molar-refractivity contribution >= 4 is 33.0 Å². The second-order valence-electron chi connectivity index (χ2n) is 2.04. The molecule has 0 bridgehead atoms. The van der Waals surface area contributed by atoms with Crippen molar-refractivity contribution in [3.8, 4) is 0 Å². The summed E-state index contributed by atoms with van der Waals surface area (Å²) in [6.45, 7) is 2.03. The first-order valence-corrected chi connectivity index (χ1v) is 5.31. The average Bonchev–Trinajstić information content (AvgIpc) is 2.50. The lowest BCUT2D eigenvalue weighted by Gasteiger charge is -1.86. The summed E-state index contributed by atoms with van der Waals surface area (Å²) in [4.78, 5) is 15.2. The first kappa shape index (κ1) is 8.87. The van der Waals surface area contributed by atoms with E-state index in [1.165, 1.54) is 0 Å². The van der Waals surface area contributed by atoms with Gasteiger partial charge in [0.15, 0.2) is 5.78 Å². The molecule has 0 amide bonds. The van der Waals surface area contributed by atoms with Gasteiger partial charge in [-0.1, -0.05) is 22.9 Å². The van der Waals surface area contributed by atoms with Crippen LogP contribution in [-0.2, 0) is 6.42 Å². The molecule has 0 aliphatic rings. The van der Waals surface area contributed by atoms with Crippen LogP contribution in [0.15, 0.2) is 5.38 Å². The highest BCUT2D eigenvalue weighted by molar-refractivity contribution is 9.09. The third kappa shape index (κ3) is 2.10. The lowest BCUT2D eigenvalue weighted by Crippen LogP contribution is -1.99. The monoisotopic (exact) mass is 233 g/mol. The molecule has 0 atom stereocenters. The Balaban J connectivity index is 2.80. The Bertz CT molecular complexity index is 259. The van der Waals surface area contributed by atoms with E-state index in [9.17, 15) is 4.79 Å². The number of thiazole rings is 1. The number of ketones is 1. The standard InChI is InChI=1S/C7H8BrNOS/c1-2-7-9-5(4-11-7)6(10)3-8/h4H,2-3H2,1H3. The van der Waals surface area contributed by atoms with Crippen LogP contribution in [0.3, 0.4) is 0 Å². The Morgan fingerprint density at radius 3 is 3.00 bits per heavy atom. The van der Waals surface area contributed by atoms with Crippen LogP contribution in [0, 0.1) is 0 Å². The zero-order valence-electron chi connectivity index (χ0n) is 6.13. The molecular formula is C7H8BrNOS. The van der Waals surface area contributed by atoms with Crippen LogP contribution in [0.1, 0.15) is 22.4 Å². The quantitative estimate of drug-likeness (QED) is 0.593. The molecule has 0 aromatic carbocycles. The van der Waals surface area contributed by atoms with Gasteiger partial charge in [0.1, 0.15) is 5.69 Å². The van der Waals surface area contributed by atoms with Gasteiger partial charge in [-0.05, 0) is 6.42 Å². The number of nitrogens with zero attached hydrogens (tertiary/aromatic N) is 1. The lowest BCUT2D eigenvalue weighted by molar-refractivity contribution is 0.101. The molecule has 0 radical (unpaired) electrons. The Morgan fingerprint density at radius 1 is 1.82 bits per heavy atom. The minimum atomic E-state index is 0.0564. The number of hydrogen-bond donors (Lipinski definition) is 0. The number of aromatic nitrogens is 1. The van der Waals surface area contributed by atoms with Crippen molar-refractivity contribution in [3.05, 3.63) is 16.1 Å². The first-order chi connectivity index (χ1) is 5.27. The van der Waals surface area contributed by atoms with Crippen LogP contribution in [-0.4, -0.2) is 16.1 Å². The molecule has 4 heteroatoms. The number of rotatable bonds is 3. The number of hydrogen-bond acceptors (Lipinski definition) is 3. The van der Waals surface area contributed by atoms with Gasteiger partial charge in [-0.15, -0.1) is 11.3 Å². The van der Waals surface area contributed by atoms with Gasteiger partial charge in [-0.2, -0.15) is 0 Å². The maximum Gasteiger partial charge on any atom is 0.192 e. The molecule has 1 aromatic rings. The number of alkyl halides is 1. The van der Waals surface area contributed by atoms with Gasteiger partial charge >= 0.3 is 0 Å². The normalized spacial score (nSPS) is 10.0. The molecule has 1 heterocycles. The summed E-state index contributed by atoms with van der Waals surface area (Å²) in [6, 6.07) is 0. The molecule has 11 heavy (non-hydrogen) atoms. The maximum absolute atomic E-state index is 11.0. The molecular weight excluding hydrogens is 226 g/mol. The highest BCUT2D eigenvalue weighted by atomic mass is 79.9. The van der Waals surface area contributed by atoms with Crippen molar-refractivity contribution in [1.82, 2.24) is 4.98 Å². The summed E-state index contributed by atoms with van der Waals surface area (Å²) in [6.07, 6.45) is 0.903. The van der Waals surface area contributed by atoms with Crippen LogP contribution in [0.2, 0.25) is 0 Å². The third-order valence-corrected chi connectivity index (χ3v) is 2.76. The zero-order valence-corrected chi connectivity index (χ0v) is 8.54. The van der Waals surface area contributed by atoms with E-state index in [4.69, 9.17) is 0 Å². The molecule has 0 saturated heterocycles. The van der Waals surface area contributed by atoms with E-state index in [1.54, 1.807) is 11.3 Å². The fourth-order valence-electron chi connectivity index (χ4n) is 0.670. The zero-order chi connectivity index (χ0) is 8.27. The van der Waals surface area contributed by atoms with Crippen LogP contribution in [0.25, 0.3) is 0 Å². The molecule has 0 unspecified atom stereocenters. The molecule has 0 saturated carbocycles. The average molecular weight is 234 g/mol. The molecule has 1 rings (SSSR count). The first-order valence-electron chi connectivity index (χ1n) is 3.31. The van der Waals surface area contributed by atoms with E-state index < -0.39 is 0 Å². The predicted octanol–water partition coefficient (Wildman–Crippen LogP) is 2.28. The summed E-state index contributed by atoms with van der Waals surface area (Å²) < 4.78 is 0. The highest BCUT2D eigenvalue weighted by Crippen LogP contribution is 2.11. The minimum Gasteiger partial charge on any atom is -0.291 e. The topological polar surface area (TPSA) is 30.0 Å². The molecule has 0 spiro atoms. The number of halogens is 1. The number of Topliss-reactive ketones (excluding diaryl/α,β-unsaturated/α-hetero) is 1. The van der Waals surface area contributed by atoms with Crippen LogP contribution >= 0.6 is 27.3 Å². The van der Waals surface area contributed by atoms with Crippen molar-refractivity contribution in [1.29, 1.82) is 0 Å². The fourth-order valence-corrected chi connectivity index (χ4v) is 1.71. The molecule has 2 nitrogen and oxygen atoms in total. The van der Waals surface area contributed by atoms with Crippen molar-refractivity contribution in [3.63, 3.8) is 0 Å². The second kappa shape index (κ2) is 3.97. The second-order valence-corrected chi connectivity index (χ2v) is 3.54. The summed E-state index contributed by atoms with van der Waals surface area (Å²) in [5, 5.41) is 3.19. The summed E-state index contributed by atoms with van der Waals surface area (Å²) in [5.74, 6) is 0.0564. The molecule has 0 fully saturated rings. The van der Waals surface area contributed by atoms with Crippen LogP contribution in [0.5, 0.6) is 0 Å². The SMILES string of the molecule is CCc1nc(C(=O)CBr)cs1. The number of carbonyl (C=O) groups is 1. The summed E-state index contributed by atoms with van der Waals surface area (Å²) in [5.41, 5.74) is 0.587. The molecule has 1 aromatic heterocycles. The van der Waals surface area contributed by atoms with Gasteiger partial charge in [-0.25, -0.2) is 4.98 Å². The van der Waals surface area contributed by atoms with Gasteiger partial charge in [0.05, 0.1) is 10.3 Å². The Kier molecular flexibility index (Phi) is 3.20. The van der Waals surface area contributed by atoms with E-state index in [0.29, 0.717) is 11.0 Å². The van der Waals surface area contributed by atoms with Gasteiger partial charge in [0, 0.05) is 5.38 Å². The van der Waals surface area contributed by atoms with Crippen molar-refractivity contribution in [2.45, 2.75) is 13.3 Å². The summed E-state index contributed by atoms with van der Waals surface area (Å²) >= 11 is 4.64. The maximum atomic E-state index is 11.0. The largest absolute Gasteiger partial charge is 0.291 e. The molecule has 0 aliphatic heterocycles. The van der Waals surface area contributed by atoms with Gasteiger partial charge in [-0.3, -0.25) is 4.79 Å². The van der Waals surface area contributed by atoms with E-state index in [2.05, 4.69) is 20.9 Å². The third-order valence-electron chi connectivity index (χ3n) is 1.26. The Labute approximate surface area is 77.8 Å². The van der Waals surface area contributed by atoms with Crippen molar-refractivity contribution in [2.75, 3.05) is 5.33 Å². The van der Waals surface area contributed by atoms with Gasteiger partial charge < -0.3 is 0 Å². The van der Waals surface area contributed by atoms with E-state index in [-0.39, 0.29) is 5.78 Å².